The standard InChI is InChI=1S/C26H32N4O5/c1-16-15-29(26(33)35-22-9-4-18(5-10-22)25(32)34-3)24-12-19(6-11-23(24)30(16)17(2)31)20(13-27)14-28-21-7-8-21/h4-6,9-12,16,20-21,28H,7-8,13-15,27H2,1-3H3/t16-,20?/m0/s1. The molecule has 0 saturated heterocycles. The van der Waals surface area contributed by atoms with Crippen LogP contribution in [0, 0.1) is 0 Å². The van der Waals surface area contributed by atoms with Crippen LogP contribution in [0.3, 0.4) is 0 Å². The van der Waals surface area contributed by atoms with Crippen molar-refractivity contribution in [3.63, 3.8) is 0 Å². The summed E-state index contributed by atoms with van der Waals surface area (Å²) in [6, 6.07) is 12.3. The Morgan fingerprint density at radius 3 is 2.43 bits per heavy atom. The number of nitrogens with two attached hydrogens (primary N) is 1. The van der Waals surface area contributed by atoms with Gasteiger partial charge in [-0.05, 0) is 61.7 Å². The predicted octanol–water partition coefficient (Wildman–Crippen LogP) is 3.03. The van der Waals surface area contributed by atoms with Crippen molar-refractivity contribution in [2.24, 2.45) is 5.73 Å². The number of hydrogen-bond acceptors (Lipinski definition) is 7. The summed E-state index contributed by atoms with van der Waals surface area (Å²) < 4.78 is 10.3. The third kappa shape index (κ3) is 5.47. The number of amides is 2. The van der Waals surface area contributed by atoms with Crippen LogP contribution in [0.2, 0.25) is 0 Å². The van der Waals surface area contributed by atoms with Gasteiger partial charge in [0.1, 0.15) is 5.75 Å². The van der Waals surface area contributed by atoms with Crippen molar-refractivity contribution in [3.05, 3.63) is 53.6 Å². The van der Waals surface area contributed by atoms with Crippen molar-refractivity contribution < 1.29 is 23.9 Å². The molecule has 1 fully saturated rings. The lowest BCUT2D eigenvalue weighted by molar-refractivity contribution is -0.117. The molecule has 2 aliphatic rings. The number of carbonyl (C=O) groups excluding carboxylic acids is 3. The summed E-state index contributed by atoms with van der Waals surface area (Å²) in [5, 5.41) is 3.52. The highest BCUT2D eigenvalue weighted by atomic mass is 16.6. The maximum Gasteiger partial charge on any atom is 0.419 e. The fraction of sp³-hybridized carbons (Fsp3) is 0.423. The first-order chi connectivity index (χ1) is 16.8. The number of hydrogen-bond donors (Lipinski definition) is 2. The fourth-order valence-electron chi connectivity index (χ4n) is 4.42. The zero-order chi connectivity index (χ0) is 25.1. The molecule has 0 bridgehead atoms. The first-order valence-electron chi connectivity index (χ1n) is 11.9. The second-order valence-corrected chi connectivity index (χ2v) is 9.10. The monoisotopic (exact) mass is 480 g/mol. The summed E-state index contributed by atoms with van der Waals surface area (Å²) in [5.41, 5.74) is 8.70. The van der Waals surface area contributed by atoms with E-state index < -0.39 is 12.1 Å². The van der Waals surface area contributed by atoms with Crippen molar-refractivity contribution in [3.8, 4) is 5.75 Å². The van der Waals surface area contributed by atoms with E-state index in [9.17, 15) is 14.4 Å². The lowest BCUT2D eigenvalue weighted by atomic mass is 9.96. The van der Waals surface area contributed by atoms with Crippen molar-refractivity contribution in [2.45, 2.75) is 44.7 Å². The first-order valence-corrected chi connectivity index (χ1v) is 11.9. The Morgan fingerprint density at radius 1 is 1.11 bits per heavy atom. The Hall–Kier alpha value is -3.43. The molecule has 2 aromatic carbocycles. The van der Waals surface area contributed by atoms with Gasteiger partial charge in [-0.3, -0.25) is 9.69 Å². The fourth-order valence-corrected chi connectivity index (χ4v) is 4.42. The van der Waals surface area contributed by atoms with Gasteiger partial charge < -0.3 is 25.4 Å². The molecule has 9 heteroatoms. The number of rotatable bonds is 7. The van der Waals surface area contributed by atoms with Gasteiger partial charge in [-0.2, -0.15) is 0 Å². The maximum absolute atomic E-state index is 13.3. The molecular weight excluding hydrogens is 448 g/mol. The zero-order valence-corrected chi connectivity index (χ0v) is 20.3. The van der Waals surface area contributed by atoms with Gasteiger partial charge in [0, 0.05) is 38.5 Å². The van der Waals surface area contributed by atoms with Gasteiger partial charge in [0.15, 0.2) is 0 Å². The average Bonchev–Trinajstić information content (AvgIpc) is 3.68. The van der Waals surface area contributed by atoms with Gasteiger partial charge in [-0.15, -0.1) is 0 Å². The number of nitrogens with one attached hydrogen (secondary N) is 1. The minimum absolute atomic E-state index is 0.0785. The Kier molecular flexibility index (Phi) is 7.37. The van der Waals surface area contributed by atoms with E-state index in [1.54, 1.807) is 21.9 Å². The molecule has 186 valence electrons. The summed E-state index contributed by atoms with van der Waals surface area (Å²) in [5.74, 6) is -0.182. The second-order valence-electron chi connectivity index (χ2n) is 9.10. The number of carbonyl (C=O) groups is 3. The average molecular weight is 481 g/mol. The van der Waals surface area contributed by atoms with E-state index in [2.05, 4.69) is 5.32 Å². The van der Waals surface area contributed by atoms with Crippen LogP contribution in [0.1, 0.15) is 48.5 Å². The summed E-state index contributed by atoms with van der Waals surface area (Å²) in [4.78, 5) is 40.6. The molecule has 1 heterocycles. The number of benzene rings is 2. The molecule has 1 unspecified atom stereocenters. The molecule has 0 spiro atoms. The van der Waals surface area contributed by atoms with E-state index in [1.165, 1.54) is 39.0 Å². The van der Waals surface area contributed by atoms with Crippen LogP contribution in [0.5, 0.6) is 5.75 Å². The Labute approximate surface area is 205 Å². The summed E-state index contributed by atoms with van der Waals surface area (Å²) in [6.07, 6.45) is 1.81. The molecule has 3 N–H and O–H groups in total. The minimum Gasteiger partial charge on any atom is -0.465 e. The second kappa shape index (κ2) is 10.5. The van der Waals surface area contributed by atoms with Crippen molar-refractivity contribution in [1.82, 2.24) is 5.32 Å². The van der Waals surface area contributed by atoms with E-state index >= 15 is 0 Å². The summed E-state index contributed by atoms with van der Waals surface area (Å²) >= 11 is 0. The highest BCUT2D eigenvalue weighted by molar-refractivity contribution is 6.02. The Morgan fingerprint density at radius 2 is 1.83 bits per heavy atom. The van der Waals surface area contributed by atoms with Gasteiger partial charge in [-0.1, -0.05) is 6.07 Å². The normalized spacial score (nSPS) is 18.0. The number of esters is 1. The molecule has 2 amide bonds. The number of ether oxygens (including phenoxy) is 2. The number of anilines is 2. The summed E-state index contributed by atoms with van der Waals surface area (Å²) in [7, 11) is 1.31. The van der Waals surface area contributed by atoms with Gasteiger partial charge in [0.05, 0.1) is 30.1 Å². The molecule has 0 radical (unpaired) electrons. The van der Waals surface area contributed by atoms with Crippen LogP contribution in [-0.4, -0.2) is 56.8 Å². The van der Waals surface area contributed by atoms with Crippen LogP contribution in [-0.2, 0) is 9.53 Å². The van der Waals surface area contributed by atoms with E-state index in [4.69, 9.17) is 15.2 Å². The van der Waals surface area contributed by atoms with E-state index in [-0.39, 0.29) is 24.4 Å². The SMILES string of the molecule is COC(=O)c1ccc(OC(=O)N2C[C@H](C)N(C(C)=O)c3ccc(C(CN)CNC4CC4)cc32)cc1. The van der Waals surface area contributed by atoms with Crippen LogP contribution in [0.25, 0.3) is 0 Å². The molecule has 0 aromatic heterocycles. The summed E-state index contributed by atoms with van der Waals surface area (Å²) in [6.45, 7) is 4.91. The molecule has 2 aromatic rings. The zero-order valence-electron chi connectivity index (χ0n) is 20.3. The van der Waals surface area contributed by atoms with Crippen molar-refractivity contribution in [1.29, 1.82) is 0 Å². The lowest BCUT2D eigenvalue weighted by Crippen LogP contribution is -2.52. The molecule has 2 atom stereocenters. The number of fused-ring (bicyclic) bond motifs is 1. The third-order valence-corrected chi connectivity index (χ3v) is 6.46. The minimum atomic E-state index is -0.565. The van der Waals surface area contributed by atoms with Crippen molar-refractivity contribution in [2.75, 3.05) is 36.5 Å². The highest BCUT2D eigenvalue weighted by Gasteiger charge is 2.35. The number of nitrogens with zero attached hydrogens (tertiary/aromatic N) is 2. The molecule has 4 rings (SSSR count). The quantitative estimate of drug-likeness (QED) is 0.586. The topological polar surface area (TPSA) is 114 Å². The molecule has 9 nitrogen and oxygen atoms in total. The largest absolute Gasteiger partial charge is 0.465 e. The Balaban J connectivity index is 1.61. The van der Waals surface area contributed by atoms with Crippen molar-refractivity contribution >= 4 is 29.3 Å². The van der Waals surface area contributed by atoms with Crippen LogP contribution in [0.4, 0.5) is 16.2 Å². The maximum atomic E-state index is 13.3. The van der Waals surface area contributed by atoms with Gasteiger partial charge in [0.2, 0.25) is 5.91 Å². The Bertz CT molecular complexity index is 1100. The van der Waals surface area contributed by atoms with E-state index in [0.29, 0.717) is 35.3 Å². The van der Waals surface area contributed by atoms with Gasteiger partial charge >= 0.3 is 12.1 Å². The van der Waals surface area contributed by atoms with Crippen LogP contribution >= 0.6 is 0 Å². The molecular formula is C26H32N4O5. The van der Waals surface area contributed by atoms with Gasteiger partial charge in [-0.25, -0.2) is 9.59 Å². The highest BCUT2D eigenvalue weighted by Crippen LogP contribution is 2.38. The molecule has 1 saturated carbocycles. The number of methoxy groups -OCH3 is 1. The van der Waals surface area contributed by atoms with E-state index in [0.717, 1.165) is 12.1 Å². The van der Waals surface area contributed by atoms with Crippen LogP contribution < -0.4 is 25.6 Å². The van der Waals surface area contributed by atoms with Gasteiger partial charge in [0.25, 0.3) is 0 Å². The first kappa shape index (κ1) is 24.7. The molecule has 1 aliphatic carbocycles. The lowest BCUT2D eigenvalue weighted by Gasteiger charge is -2.40. The molecule has 1 aliphatic heterocycles. The van der Waals surface area contributed by atoms with Crippen LogP contribution in [0.15, 0.2) is 42.5 Å². The molecule has 35 heavy (non-hydrogen) atoms. The predicted molar refractivity (Wildman–Crippen MR) is 133 cm³/mol. The third-order valence-electron chi connectivity index (χ3n) is 6.46. The van der Waals surface area contributed by atoms with E-state index in [1.807, 2.05) is 25.1 Å². The smallest absolute Gasteiger partial charge is 0.419 e.